The molecule has 0 N–H and O–H groups in total. The average Bonchev–Trinajstić information content (AvgIpc) is 2.98. The lowest BCUT2D eigenvalue weighted by Gasteiger charge is -2.32. The molecule has 8 heteroatoms. The quantitative estimate of drug-likeness (QED) is 0.606. The van der Waals surface area contributed by atoms with Crippen molar-refractivity contribution in [3.8, 4) is 0 Å². The molecule has 1 fully saturated rings. The van der Waals surface area contributed by atoms with E-state index in [2.05, 4.69) is 4.90 Å². The number of methoxy groups -OCH3 is 1. The van der Waals surface area contributed by atoms with Gasteiger partial charge in [-0.3, -0.25) is 14.9 Å². The molecule has 1 aliphatic rings. The highest BCUT2D eigenvalue weighted by Crippen LogP contribution is 2.27. The second kappa shape index (κ2) is 7.20. The average molecular weight is 346 g/mol. The molecule has 1 aromatic carbocycles. The minimum atomic E-state index is -0.422. The predicted molar refractivity (Wildman–Crippen MR) is 93.9 cm³/mol. The van der Waals surface area contributed by atoms with Crippen molar-refractivity contribution in [2.45, 2.75) is 6.54 Å². The van der Waals surface area contributed by atoms with E-state index in [1.165, 1.54) is 12.1 Å². The molecule has 0 saturated carbocycles. The first-order valence-corrected chi connectivity index (χ1v) is 8.25. The van der Waals surface area contributed by atoms with Gasteiger partial charge in [-0.25, -0.2) is 0 Å². The van der Waals surface area contributed by atoms with Gasteiger partial charge in [0.2, 0.25) is 0 Å². The molecule has 2 heterocycles. The minimum Gasteiger partial charge on any atom is -0.383 e. The number of nitrogens with zero attached hydrogens (tertiary/aromatic N) is 4. The summed E-state index contributed by atoms with van der Waals surface area (Å²) in [5.41, 5.74) is 1.29. The molecule has 0 bridgehead atoms. The van der Waals surface area contributed by atoms with Gasteiger partial charge in [-0.15, -0.1) is 0 Å². The maximum Gasteiger partial charge on any atom is 0.271 e. The van der Waals surface area contributed by atoms with Crippen molar-refractivity contribution in [1.82, 2.24) is 14.4 Å². The number of amides is 1. The van der Waals surface area contributed by atoms with Crippen LogP contribution in [-0.2, 0) is 11.3 Å². The zero-order valence-corrected chi connectivity index (χ0v) is 14.5. The predicted octanol–water partition coefficient (Wildman–Crippen LogP) is 1.58. The third-order valence-corrected chi connectivity index (χ3v) is 4.63. The number of fused-ring (bicyclic) bond motifs is 1. The van der Waals surface area contributed by atoms with Gasteiger partial charge in [-0.2, -0.15) is 0 Å². The highest BCUT2D eigenvalue weighted by Gasteiger charge is 2.24. The summed E-state index contributed by atoms with van der Waals surface area (Å²) in [7, 11) is 3.64. The molecule has 0 atom stereocenters. The first kappa shape index (κ1) is 17.4. The van der Waals surface area contributed by atoms with Crippen LogP contribution in [0.1, 0.15) is 10.4 Å². The van der Waals surface area contributed by atoms with Gasteiger partial charge < -0.3 is 19.1 Å². The van der Waals surface area contributed by atoms with Gasteiger partial charge in [0.25, 0.3) is 11.6 Å². The fourth-order valence-electron chi connectivity index (χ4n) is 3.12. The fraction of sp³-hybridized carbons (Fsp3) is 0.471. The summed E-state index contributed by atoms with van der Waals surface area (Å²) in [5.74, 6) is -0.0249. The second-order valence-corrected chi connectivity index (χ2v) is 6.28. The minimum absolute atomic E-state index is 0.0165. The lowest BCUT2D eigenvalue weighted by Crippen LogP contribution is -2.47. The van der Waals surface area contributed by atoms with Gasteiger partial charge in [0.15, 0.2) is 0 Å². The van der Waals surface area contributed by atoms with Crippen molar-refractivity contribution in [3.63, 3.8) is 0 Å². The summed E-state index contributed by atoms with van der Waals surface area (Å²) >= 11 is 0. The molecular weight excluding hydrogens is 324 g/mol. The van der Waals surface area contributed by atoms with Crippen LogP contribution in [0.5, 0.6) is 0 Å². The number of carbonyl (C=O) groups is 1. The molecule has 0 unspecified atom stereocenters. The first-order chi connectivity index (χ1) is 12.0. The van der Waals surface area contributed by atoms with Crippen LogP contribution >= 0.6 is 0 Å². The lowest BCUT2D eigenvalue weighted by atomic mass is 10.1. The normalized spacial score (nSPS) is 15.7. The molecule has 3 rings (SSSR count). The number of nitro benzene ring substituents is 1. The standard InChI is InChI=1S/C17H22N4O4/c1-18-5-7-19(8-6-18)17(22)15-12-20(9-10-25-2)16-11-13(21(23)24)3-4-14(15)16/h3-4,11-12H,5-10H2,1-2H3. The molecule has 1 saturated heterocycles. The van der Waals surface area contributed by atoms with E-state index >= 15 is 0 Å². The number of nitro groups is 1. The molecular formula is C17H22N4O4. The van der Waals surface area contributed by atoms with E-state index in [1.807, 2.05) is 16.5 Å². The summed E-state index contributed by atoms with van der Waals surface area (Å²) in [4.78, 5) is 27.6. The summed E-state index contributed by atoms with van der Waals surface area (Å²) in [5, 5.41) is 11.8. The van der Waals surface area contributed by atoms with Crippen LogP contribution < -0.4 is 0 Å². The molecule has 0 radical (unpaired) electrons. The van der Waals surface area contributed by atoms with Crippen LogP contribution in [0.2, 0.25) is 0 Å². The highest BCUT2D eigenvalue weighted by molar-refractivity contribution is 6.07. The second-order valence-electron chi connectivity index (χ2n) is 6.28. The van der Waals surface area contributed by atoms with E-state index in [0.717, 1.165) is 18.5 Å². The van der Waals surface area contributed by atoms with Crippen LogP contribution in [0.4, 0.5) is 5.69 Å². The number of likely N-dealkylation sites (N-methyl/N-ethyl adjacent to an activating group) is 1. The summed E-state index contributed by atoms with van der Waals surface area (Å²) < 4.78 is 6.97. The van der Waals surface area contributed by atoms with E-state index in [1.54, 1.807) is 19.4 Å². The zero-order chi connectivity index (χ0) is 18.0. The third kappa shape index (κ3) is 3.49. The number of non-ortho nitro benzene ring substituents is 1. The molecule has 1 aliphatic heterocycles. The Morgan fingerprint density at radius 3 is 2.64 bits per heavy atom. The number of hydrogen-bond acceptors (Lipinski definition) is 5. The largest absolute Gasteiger partial charge is 0.383 e. The third-order valence-electron chi connectivity index (χ3n) is 4.63. The van der Waals surface area contributed by atoms with Crippen molar-refractivity contribution in [2.75, 3.05) is 46.9 Å². The number of hydrogen-bond donors (Lipinski definition) is 0. The molecule has 25 heavy (non-hydrogen) atoms. The van der Waals surface area contributed by atoms with Crippen LogP contribution in [-0.4, -0.2) is 72.1 Å². The Morgan fingerprint density at radius 2 is 2.00 bits per heavy atom. The molecule has 0 spiro atoms. The Balaban J connectivity index is 1.99. The first-order valence-electron chi connectivity index (χ1n) is 8.25. The monoisotopic (exact) mass is 346 g/mol. The summed E-state index contributed by atoms with van der Waals surface area (Å²) in [6, 6.07) is 4.63. The van der Waals surface area contributed by atoms with Crippen LogP contribution in [0, 0.1) is 10.1 Å². The van der Waals surface area contributed by atoms with Gasteiger partial charge in [-0.05, 0) is 13.1 Å². The maximum atomic E-state index is 13.0. The van der Waals surface area contributed by atoms with Gasteiger partial charge in [0.05, 0.1) is 22.6 Å². The number of aromatic nitrogens is 1. The molecule has 2 aromatic rings. The molecule has 1 aromatic heterocycles. The van der Waals surface area contributed by atoms with Crippen LogP contribution in [0.25, 0.3) is 10.9 Å². The number of benzene rings is 1. The number of rotatable bonds is 5. The fourth-order valence-corrected chi connectivity index (χ4v) is 3.12. The molecule has 8 nitrogen and oxygen atoms in total. The van der Waals surface area contributed by atoms with Gasteiger partial charge in [-0.1, -0.05) is 0 Å². The van der Waals surface area contributed by atoms with E-state index in [4.69, 9.17) is 4.74 Å². The number of piperazine rings is 1. The zero-order valence-electron chi connectivity index (χ0n) is 14.5. The van der Waals surface area contributed by atoms with E-state index in [0.29, 0.717) is 37.3 Å². The Labute approximate surface area is 145 Å². The van der Waals surface area contributed by atoms with Crippen molar-refractivity contribution >= 4 is 22.5 Å². The lowest BCUT2D eigenvalue weighted by molar-refractivity contribution is -0.384. The Bertz CT molecular complexity index is 793. The summed E-state index contributed by atoms with van der Waals surface area (Å²) in [6.45, 7) is 4.07. The number of ether oxygens (including phenoxy) is 1. The van der Waals surface area contributed by atoms with E-state index in [9.17, 15) is 14.9 Å². The van der Waals surface area contributed by atoms with Crippen molar-refractivity contribution in [2.24, 2.45) is 0 Å². The smallest absolute Gasteiger partial charge is 0.271 e. The Kier molecular flexibility index (Phi) is 5.00. The van der Waals surface area contributed by atoms with Crippen molar-refractivity contribution in [3.05, 3.63) is 40.1 Å². The van der Waals surface area contributed by atoms with E-state index in [-0.39, 0.29) is 11.6 Å². The Morgan fingerprint density at radius 1 is 1.28 bits per heavy atom. The highest BCUT2D eigenvalue weighted by atomic mass is 16.6. The summed E-state index contributed by atoms with van der Waals surface area (Å²) in [6.07, 6.45) is 1.79. The number of carbonyl (C=O) groups excluding carboxylic acids is 1. The maximum absolute atomic E-state index is 13.0. The van der Waals surface area contributed by atoms with E-state index < -0.39 is 4.92 Å². The van der Waals surface area contributed by atoms with Crippen molar-refractivity contribution < 1.29 is 14.5 Å². The van der Waals surface area contributed by atoms with Crippen molar-refractivity contribution in [1.29, 1.82) is 0 Å². The van der Waals surface area contributed by atoms with Gasteiger partial charge >= 0.3 is 0 Å². The van der Waals surface area contributed by atoms with Crippen LogP contribution in [0.15, 0.2) is 24.4 Å². The molecule has 1 amide bonds. The van der Waals surface area contributed by atoms with Gasteiger partial charge in [0.1, 0.15) is 0 Å². The Hall–Kier alpha value is -2.45. The molecule has 134 valence electrons. The topological polar surface area (TPSA) is 80.8 Å². The molecule has 0 aliphatic carbocycles. The SMILES string of the molecule is COCCn1cc(C(=O)N2CCN(C)CC2)c2ccc([N+](=O)[O-])cc21. The van der Waals surface area contributed by atoms with Crippen LogP contribution in [0.3, 0.4) is 0 Å². The van der Waals surface area contributed by atoms with Gasteiger partial charge in [0, 0.05) is 63.5 Å².